The molecule has 0 aliphatic heterocycles. The fourth-order valence-corrected chi connectivity index (χ4v) is 6.45. The Morgan fingerprint density at radius 3 is 1.71 bits per heavy atom. The molecule has 0 aliphatic rings. The van der Waals surface area contributed by atoms with Crippen LogP contribution in [0.25, 0.3) is 35.5 Å². The van der Waals surface area contributed by atoms with Gasteiger partial charge >= 0.3 is 0 Å². The minimum Gasteiger partial charge on any atom is -0.496 e. The van der Waals surface area contributed by atoms with Gasteiger partial charge in [0.25, 0.3) is 0 Å². The molecule has 0 saturated carbocycles. The van der Waals surface area contributed by atoms with Gasteiger partial charge in [0.15, 0.2) is 0 Å². The van der Waals surface area contributed by atoms with E-state index in [1.807, 2.05) is 76.2 Å². The van der Waals surface area contributed by atoms with E-state index in [1.54, 1.807) is 14.2 Å². The molecule has 2 aromatic carbocycles. The van der Waals surface area contributed by atoms with Gasteiger partial charge in [-0.2, -0.15) is 5.26 Å². The fourth-order valence-electron chi connectivity index (χ4n) is 4.06. The van der Waals surface area contributed by atoms with E-state index in [4.69, 9.17) is 25.5 Å². The second-order valence-electron chi connectivity index (χ2n) is 8.90. The third kappa shape index (κ3) is 5.33. The van der Waals surface area contributed by atoms with Crippen molar-refractivity contribution in [3.63, 3.8) is 0 Å². The monoisotopic (exact) mass is 544 g/mol. The maximum atomic E-state index is 10.0. The van der Waals surface area contributed by atoms with E-state index >= 15 is 0 Å². The Balaban J connectivity index is 1.90. The zero-order valence-corrected chi connectivity index (χ0v) is 23.8. The average Bonchev–Trinajstić information content (AvgIpc) is 3.51. The van der Waals surface area contributed by atoms with Crippen molar-refractivity contribution in [2.75, 3.05) is 14.2 Å². The highest BCUT2D eigenvalue weighted by molar-refractivity contribution is 7.25. The molecule has 38 heavy (non-hydrogen) atoms. The minimum absolute atomic E-state index is 0.0437. The quantitative estimate of drug-likeness (QED) is 0.197. The Morgan fingerprint density at radius 2 is 1.24 bits per heavy atom. The van der Waals surface area contributed by atoms with Crippen molar-refractivity contribution in [3.05, 3.63) is 65.5 Å². The molecule has 6 nitrogen and oxygen atoms in total. The van der Waals surface area contributed by atoms with Crippen LogP contribution in [-0.2, 0) is 0 Å². The summed E-state index contributed by atoms with van der Waals surface area (Å²) in [5, 5.41) is 10.0. The molecule has 8 heteroatoms. The Kier molecular flexibility index (Phi) is 8.26. The molecule has 0 fully saturated rings. The van der Waals surface area contributed by atoms with Crippen molar-refractivity contribution in [1.82, 2.24) is 0 Å². The normalized spacial score (nSPS) is 10.8. The summed E-state index contributed by atoms with van der Waals surface area (Å²) in [7, 11) is 3.22. The summed E-state index contributed by atoms with van der Waals surface area (Å²) in [6.07, 6.45) is -0.0900. The number of hydrogen-bond acceptors (Lipinski definition) is 7. The molecule has 0 unspecified atom stereocenters. The highest BCUT2D eigenvalue weighted by atomic mass is 32.1. The van der Waals surface area contributed by atoms with Gasteiger partial charge in [0, 0.05) is 14.6 Å². The van der Waals surface area contributed by atoms with E-state index in [0.29, 0.717) is 34.2 Å². The van der Waals surface area contributed by atoms with Crippen molar-refractivity contribution in [1.29, 1.82) is 5.26 Å². The van der Waals surface area contributed by atoms with Crippen LogP contribution in [0.5, 0.6) is 23.0 Å². The van der Waals surface area contributed by atoms with Crippen molar-refractivity contribution >= 4 is 28.4 Å². The second-order valence-corrected chi connectivity index (χ2v) is 11.0. The van der Waals surface area contributed by atoms with Crippen LogP contribution in [0.1, 0.15) is 33.3 Å². The van der Waals surface area contributed by atoms with Gasteiger partial charge in [-0.15, -0.1) is 22.7 Å². The van der Waals surface area contributed by atoms with Crippen LogP contribution in [0.2, 0.25) is 0 Å². The lowest BCUT2D eigenvalue weighted by atomic mass is 10.1. The summed E-state index contributed by atoms with van der Waals surface area (Å²) < 4.78 is 23.5. The molecule has 194 valence electrons. The summed E-state index contributed by atoms with van der Waals surface area (Å²) in [5.41, 5.74) is 2.51. The van der Waals surface area contributed by atoms with Crippen LogP contribution in [0.15, 0.2) is 48.5 Å². The lowest BCUT2D eigenvalue weighted by Crippen LogP contribution is -2.07. The molecule has 4 rings (SSSR count). The van der Waals surface area contributed by atoms with Crippen LogP contribution in [0.3, 0.4) is 0 Å². The Morgan fingerprint density at radius 1 is 0.763 bits per heavy atom. The summed E-state index contributed by atoms with van der Waals surface area (Å²) in [6.45, 7) is 15.7. The maximum absolute atomic E-state index is 10.0. The van der Waals surface area contributed by atoms with Crippen molar-refractivity contribution in [2.24, 2.45) is 0 Å². The SMILES string of the molecule is [C-]#[N+]c1cc(-c2cc(C#N)c(-c3c(OC)cccc3OC(C)C)s2)sc1-c1c(OC)cccc1OC(C)C. The van der Waals surface area contributed by atoms with Crippen LogP contribution in [0, 0.1) is 17.9 Å². The topological polar surface area (TPSA) is 65.1 Å². The van der Waals surface area contributed by atoms with E-state index in [-0.39, 0.29) is 12.2 Å². The highest BCUT2D eigenvalue weighted by Crippen LogP contribution is 2.53. The summed E-state index contributed by atoms with van der Waals surface area (Å²) in [5.74, 6) is 2.58. The van der Waals surface area contributed by atoms with Gasteiger partial charge in [-0.05, 0) is 64.1 Å². The van der Waals surface area contributed by atoms with Crippen LogP contribution in [-0.4, -0.2) is 26.4 Å². The first-order valence-electron chi connectivity index (χ1n) is 12.0. The first-order chi connectivity index (χ1) is 18.3. The lowest BCUT2D eigenvalue weighted by Gasteiger charge is -2.16. The number of hydrogen-bond donors (Lipinski definition) is 0. The Labute approximate surface area is 231 Å². The lowest BCUT2D eigenvalue weighted by molar-refractivity contribution is 0.242. The van der Waals surface area contributed by atoms with Gasteiger partial charge in [-0.25, -0.2) is 4.85 Å². The van der Waals surface area contributed by atoms with Crippen LogP contribution < -0.4 is 18.9 Å². The smallest absolute Gasteiger partial charge is 0.206 e. The van der Waals surface area contributed by atoms with Crippen molar-refractivity contribution in [3.8, 4) is 59.7 Å². The molecule has 0 radical (unpaired) electrons. The van der Waals surface area contributed by atoms with E-state index in [2.05, 4.69) is 10.9 Å². The predicted octanol–water partition coefficient (Wildman–Crippen LogP) is 8.82. The first-order valence-corrected chi connectivity index (χ1v) is 13.7. The van der Waals surface area contributed by atoms with Crippen LogP contribution in [0.4, 0.5) is 5.69 Å². The number of methoxy groups -OCH3 is 2. The third-order valence-corrected chi connectivity index (χ3v) is 8.01. The zero-order valence-electron chi connectivity index (χ0n) is 22.1. The number of nitriles is 1. The predicted molar refractivity (Wildman–Crippen MR) is 154 cm³/mol. The molecule has 0 atom stereocenters. The van der Waals surface area contributed by atoms with Crippen LogP contribution >= 0.6 is 22.7 Å². The van der Waals surface area contributed by atoms with Gasteiger partial charge in [-0.3, -0.25) is 0 Å². The number of rotatable bonds is 9. The summed E-state index contributed by atoms with van der Waals surface area (Å²) in [6, 6.07) is 17.3. The van der Waals surface area contributed by atoms with Gasteiger partial charge in [0.1, 0.15) is 29.1 Å². The minimum atomic E-state index is -0.0463. The van der Waals surface area contributed by atoms with E-state index in [0.717, 1.165) is 30.6 Å². The second kappa shape index (κ2) is 11.6. The molecular weight excluding hydrogens is 516 g/mol. The van der Waals surface area contributed by atoms with Gasteiger partial charge in [0.05, 0.1) is 54.6 Å². The van der Waals surface area contributed by atoms with E-state index < -0.39 is 0 Å². The molecule has 2 aromatic heterocycles. The van der Waals surface area contributed by atoms with E-state index in [9.17, 15) is 5.26 Å². The number of ether oxygens (including phenoxy) is 4. The molecule has 4 aromatic rings. The highest BCUT2D eigenvalue weighted by Gasteiger charge is 2.24. The molecule has 0 bridgehead atoms. The van der Waals surface area contributed by atoms with Gasteiger partial charge in [0.2, 0.25) is 5.69 Å². The zero-order chi connectivity index (χ0) is 27.4. The molecule has 0 amide bonds. The summed E-state index contributed by atoms with van der Waals surface area (Å²) in [4.78, 5) is 7.09. The molecule has 0 aliphatic carbocycles. The van der Waals surface area contributed by atoms with Crippen molar-refractivity contribution in [2.45, 2.75) is 39.9 Å². The number of nitrogens with zero attached hydrogens (tertiary/aromatic N) is 2. The molecule has 0 saturated heterocycles. The number of benzene rings is 2. The Hall–Kier alpha value is -3.98. The molecular formula is C30H28N2O4S2. The first kappa shape index (κ1) is 27.1. The fraction of sp³-hybridized carbons (Fsp3) is 0.267. The largest absolute Gasteiger partial charge is 0.496 e. The average molecular weight is 545 g/mol. The molecule has 2 heterocycles. The van der Waals surface area contributed by atoms with E-state index in [1.165, 1.54) is 22.7 Å². The van der Waals surface area contributed by atoms with Gasteiger partial charge in [-0.1, -0.05) is 12.1 Å². The number of thiophene rings is 2. The summed E-state index contributed by atoms with van der Waals surface area (Å²) >= 11 is 2.95. The third-order valence-electron chi connectivity index (χ3n) is 5.52. The standard InChI is InChI=1S/C30H28N2O4S2/c1-17(2)35-23-12-8-10-21(33-6)27(23)29-19(16-31)14-25(37-29)26-15-20(32-5)30(38-26)28-22(34-7)11-9-13-24(28)36-18(3)4/h8-15,17-18H,1-4,6-7H3. The van der Waals surface area contributed by atoms with Crippen molar-refractivity contribution < 1.29 is 18.9 Å². The maximum Gasteiger partial charge on any atom is 0.206 e. The Bertz CT molecular complexity index is 1420. The molecule has 0 spiro atoms. The van der Waals surface area contributed by atoms with Gasteiger partial charge < -0.3 is 18.9 Å². The molecule has 0 N–H and O–H groups in total.